The molecule has 2 atom stereocenters. The van der Waals surface area contributed by atoms with Gasteiger partial charge in [0.25, 0.3) is 0 Å². The lowest BCUT2D eigenvalue weighted by Gasteiger charge is -2.37. The lowest BCUT2D eigenvalue weighted by atomic mass is 9.72. The van der Waals surface area contributed by atoms with Crippen molar-refractivity contribution >= 4 is 23.1 Å². The predicted molar refractivity (Wildman–Crippen MR) is 101 cm³/mol. The van der Waals surface area contributed by atoms with Crippen molar-refractivity contribution in [1.29, 1.82) is 0 Å². The van der Waals surface area contributed by atoms with Gasteiger partial charge < -0.3 is 15.6 Å². The first-order chi connectivity index (χ1) is 12.5. The van der Waals surface area contributed by atoms with Gasteiger partial charge in [0.15, 0.2) is 4.87 Å². The fraction of sp³-hybridized carbons (Fsp3) is 0.190. The maximum atomic E-state index is 12.2. The average Bonchev–Trinajstić information content (AvgIpc) is 3.12. The van der Waals surface area contributed by atoms with Crippen LogP contribution in [0.25, 0.3) is 5.57 Å². The number of carboxylic acids is 1. The zero-order valence-electron chi connectivity index (χ0n) is 14.0. The number of hydrogen-bond acceptors (Lipinski definition) is 3. The minimum atomic E-state index is -1.74. The first-order valence-corrected chi connectivity index (χ1v) is 8.81. The highest BCUT2D eigenvalue weighted by Crippen LogP contribution is 2.50. The molecule has 0 fully saturated rings. The van der Waals surface area contributed by atoms with Gasteiger partial charge >= 0.3 is 5.97 Å². The second-order valence-electron chi connectivity index (χ2n) is 6.53. The van der Waals surface area contributed by atoms with Gasteiger partial charge in [-0.3, -0.25) is 0 Å². The maximum Gasteiger partial charge on any atom is 0.331 e. The molecule has 5 heteroatoms. The van der Waals surface area contributed by atoms with Gasteiger partial charge in [-0.05, 0) is 34.4 Å². The number of carboxylic acid groups (broad SMARTS) is 1. The number of hydrogen-bond donors (Lipinski definition) is 2. The second kappa shape index (κ2) is 6.22. The van der Waals surface area contributed by atoms with Crippen molar-refractivity contribution in [3.63, 3.8) is 0 Å². The third-order valence-corrected chi connectivity index (χ3v) is 5.63. The minimum absolute atomic E-state index is 0.132. The molecule has 4 rings (SSSR count). The van der Waals surface area contributed by atoms with Crippen LogP contribution in [0.4, 0.5) is 0 Å². The van der Waals surface area contributed by atoms with E-state index in [0.29, 0.717) is 6.61 Å². The number of alkyl halides is 1. The molecule has 2 aliphatic rings. The predicted octanol–water partition coefficient (Wildman–Crippen LogP) is 3.71. The topological polar surface area (TPSA) is 72.5 Å². The fourth-order valence-electron chi connectivity index (χ4n) is 3.71. The van der Waals surface area contributed by atoms with Crippen LogP contribution in [-0.2, 0) is 11.2 Å². The smallest absolute Gasteiger partial charge is 0.331 e. The molecule has 3 N–H and O–H groups in total. The van der Waals surface area contributed by atoms with Gasteiger partial charge in [0.2, 0.25) is 0 Å². The van der Waals surface area contributed by atoms with Crippen LogP contribution in [-0.4, -0.2) is 22.6 Å². The van der Waals surface area contributed by atoms with Crippen molar-refractivity contribution in [2.45, 2.75) is 17.2 Å². The largest absolute Gasteiger partial charge is 0.493 e. The van der Waals surface area contributed by atoms with E-state index in [-0.39, 0.29) is 5.70 Å². The van der Waals surface area contributed by atoms with E-state index in [4.69, 9.17) is 22.1 Å². The molecule has 132 valence electrons. The highest BCUT2D eigenvalue weighted by Gasteiger charge is 2.51. The number of fused-ring (bicyclic) bond motifs is 1. The molecule has 0 radical (unpaired) electrons. The Morgan fingerprint density at radius 3 is 2.69 bits per heavy atom. The highest BCUT2D eigenvalue weighted by molar-refractivity contribution is 6.37. The van der Waals surface area contributed by atoms with Gasteiger partial charge in [-0.1, -0.05) is 60.1 Å². The summed E-state index contributed by atoms with van der Waals surface area (Å²) in [7, 11) is 0. The zero-order valence-corrected chi connectivity index (χ0v) is 14.7. The summed E-state index contributed by atoms with van der Waals surface area (Å²) in [5, 5.41) is 9.95. The van der Waals surface area contributed by atoms with E-state index in [0.717, 1.165) is 34.4 Å². The van der Waals surface area contributed by atoms with Crippen LogP contribution in [0.3, 0.4) is 0 Å². The van der Waals surface area contributed by atoms with E-state index < -0.39 is 16.8 Å². The lowest BCUT2D eigenvalue weighted by Crippen LogP contribution is -2.45. The third kappa shape index (κ3) is 2.49. The zero-order chi connectivity index (χ0) is 18.3. The normalized spacial score (nSPS) is 24.3. The molecule has 1 aliphatic carbocycles. The molecule has 0 amide bonds. The summed E-state index contributed by atoms with van der Waals surface area (Å²) in [6.45, 7) is 0.637. The van der Waals surface area contributed by atoms with Gasteiger partial charge in [0.05, 0.1) is 6.61 Å². The first-order valence-electron chi connectivity index (χ1n) is 8.43. The van der Waals surface area contributed by atoms with Crippen LogP contribution in [0, 0.1) is 0 Å². The quantitative estimate of drug-likeness (QED) is 0.811. The summed E-state index contributed by atoms with van der Waals surface area (Å²) in [4.78, 5) is 10.4. The van der Waals surface area contributed by atoms with Crippen LogP contribution in [0.1, 0.15) is 22.6 Å². The fourth-order valence-corrected chi connectivity index (χ4v) is 4.02. The summed E-state index contributed by atoms with van der Waals surface area (Å²) in [6.07, 6.45) is 4.26. The van der Waals surface area contributed by atoms with Crippen LogP contribution in [0.5, 0.6) is 5.75 Å². The van der Waals surface area contributed by atoms with Crippen molar-refractivity contribution in [3.05, 3.63) is 83.1 Å². The van der Waals surface area contributed by atoms with Gasteiger partial charge in [-0.15, -0.1) is 0 Å². The second-order valence-corrected chi connectivity index (χ2v) is 7.12. The third-order valence-electron chi connectivity index (χ3n) is 5.04. The first kappa shape index (κ1) is 16.7. The number of nitrogens with two attached hydrogens (primary N) is 1. The Morgan fingerprint density at radius 2 is 1.96 bits per heavy atom. The van der Waals surface area contributed by atoms with Crippen molar-refractivity contribution < 1.29 is 14.6 Å². The molecule has 4 nitrogen and oxygen atoms in total. The van der Waals surface area contributed by atoms with Crippen LogP contribution >= 0.6 is 11.6 Å². The summed E-state index contributed by atoms with van der Waals surface area (Å²) in [6, 6.07) is 15.4. The summed E-state index contributed by atoms with van der Waals surface area (Å²) >= 11 is 6.69. The summed E-state index contributed by atoms with van der Waals surface area (Å²) in [5.41, 5.74) is 9.84. The van der Waals surface area contributed by atoms with Gasteiger partial charge in [-0.2, -0.15) is 0 Å². The number of ether oxygens (including phenoxy) is 1. The maximum absolute atomic E-state index is 12.2. The number of allylic oxidation sites excluding steroid dienone is 3. The molecule has 0 spiro atoms. The van der Waals surface area contributed by atoms with E-state index in [1.165, 1.54) is 0 Å². The van der Waals surface area contributed by atoms with E-state index >= 15 is 0 Å². The van der Waals surface area contributed by atoms with Crippen molar-refractivity contribution in [2.75, 3.05) is 6.61 Å². The Kier molecular flexibility index (Phi) is 4.00. The number of aliphatic carboxylic acids is 1. The molecular weight excluding hydrogens is 350 g/mol. The SMILES string of the molecule is NC1=CC=C(c2ccccc2)C(c2ccc3c(c2)CCO3)C1(Cl)C(=O)O. The molecule has 1 heterocycles. The lowest BCUT2D eigenvalue weighted by molar-refractivity contribution is -0.139. The van der Waals surface area contributed by atoms with E-state index in [2.05, 4.69) is 0 Å². The van der Waals surface area contributed by atoms with Crippen molar-refractivity contribution in [1.82, 2.24) is 0 Å². The van der Waals surface area contributed by atoms with E-state index in [9.17, 15) is 9.90 Å². The highest BCUT2D eigenvalue weighted by atomic mass is 35.5. The number of benzene rings is 2. The van der Waals surface area contributed by atoms with Gasteiger partial charge in [0.1, 0.15) is 5.75 Å². The standard InChI is InChI=1S/C21H18ClNO3/c22-21(20(24)25)18(23)9-7-16(13-4-2-1-3-5-13)19(21)15-6-8-17-14(12-15)10-11-26-17/h1-9,12,19H,10-11,23H2,(H,24,25). The minimum Gasteiger partial charge on any atom is -0.493 e. The Labute approximate surface area is 156 Å². The van der Waals surface area contributed by atoms with E-state index in [1.807, 2.05) is 54.6 Å². The molecule has 2 unspecified atom stereocenters. The average molecular weight is 368 g/mol. The Bertz CT molecular complexity index is 936. The molecule has 2 aromatic carbocycles. The Hall–Kier alpha value is -2.72. The summed E-state index contributed by atoms with van der Waals surface area (Å²) < 4.78 is 5.57. The number of carbonyl (C=O) groups is 1. The molecule has 26 heavy (non-hydrogen) atoms. The van der Waals surface area contributed by atoms with Crippen molar-refractivity contribution in [3.8, 4) is 5.75 Å². The van der Waals surface area contributed by atoms with Crippen LogP contribution in [0.15, 0.2) is 66.4 Å². The molecule has 0 saturated heterocycles. The molecule has 0 bridgehead atoms. The van der Waals surface area contributed by atoms with Crippen LogP contribution < -0.4 is 10.5 Å². The Morgan fingerprint density at radius 1 is 1.19 bits per heavy atom. The van der Waals surface area contributed by atoms with E-state index in [1.54, 1.807) is 6.08 Å². The Balaban J connectivity index is 1.92. The number of halogens is 1. The molecular formula is C21H18ClNO3. The monoisotopic (exact) mass is 367 g/mol. The number of rotatable bonds is 3. The molecule has 1 aliphatic heterocycles. The van der Waals surface area contributed by atoms with Crippen molar-refractivity contribution in [2.24, 2.45) is 5.73 Å². The summed E-state index contributed by atoms with van der Waals surface area (Å²) in [5.74, 6) is -0.926. The molecule has 0 saturated carbocycles. The molecule has 2 aromatic rings. The van der Waals surface area contributed by atoms with Crippen LogP contribution in [0.2, 0.25) is 0 Å². The van der Waals surface area contributed by atoms with Gasteiger partial charge in [0, 0.05) is 18.0 Å². The molecule has 0 aromatic heterocycles. The van der Waals surface area contributed by atoms with Gasteiger partial charge in [-0.25, -0.2) is 4.79 Å².